The Bertz CT molecular complexity index is 516. The molecule has 4 nitrogen and oxygen atoms in total. The molecule has 116 valence electrons. The second-order valence-corrected chi connectivity index (χ2v) is 6.80. The number of pyridine rings is 1. The Hall–Kier alpha value is -1.29. The zero-order chi connectivity index (χ0) is 15.5. The molecule has 0 saturated heterocycles. The highest BCUT2D eigenvalue weighted by Gasteiger charge is 2.35. The number of amides is 1. The summed E-state index contributed by atoms with van der Waals surface area (Å²) in [6, 6.07) is 1.91. The monoisotopic (exact) mass is 309 g/mol. The van der Waals surface area contributed by atoms with Crippen molar-refractivity contribution in [1.82, 2.24) is 10.3 Å². The number of nitrogens with zero attached hydrogens (tertiary/aromatic N) is 1. The standard InChI is InChI=1S/C16H24ClN3O/c1-4-8-18-14-12(17)9-11(10-19-14)15(21)20-13-6-5-7-16(13,2)3/h9-10,13H,4-8H2,1-3H3,(H,18,19)(H,20,21). The van der Waals surface area contributed by atoms with Crippen molar-refractivity contribution < 1.29 is 4.79 Å². The smallest absolute Gasteiger partial charge is 0.253 e. The Morgan fingerprint density at radius 2 is 2.29 bits per heavy atom. The van der Waals surface area contributed by atoms with Crippen LogP contribution in [0.15, 0.2) is 12.3 Å². The van der Waals surface area contributed by atoms with Crippen LogP contribution in [-0.2, 0) is 0 Å². The van der Waals surface area contributed by atoms with Gasteiger partial charge in [0, 0.05) is 18.8 Å². The van der Waals surface area contributed by atoms with Gasteiger partial charge in [0.25, 0.3) is 5.91 Å². The van der Waals surface area contributed by atoms with E-state index in [4.69, 9.17) is 11.6 Å². The molecule has 1 aromatic heterocycles. The molecule has 21 heavy (non-hydrogen) atoms. The van der Waals surface area contributed by atoms with E-state index in [2.05, 4.69) is 36.4 Å². The lowest BCUT2D eigenvalue weighted by Crippen LogP contribution is -2.41. The number of hydrogen-bond acceptors (Lipinski definition) is 3. The SMILES string of the molecule is CCCNc1ncc(C(=O)NC2CCCC2(C)C)cc1Cl. The number of carbonyl (C=O) groups is 1. The molecular weight excluding hydrogens is 286 g/mol. The van der Waals surface area contributed by atoms with Gasteiger partial charge in [-0.3, -0.25) is 4.79 Å². The molecule has 1 heterocycles. The van der Waals surface area contributed by atoms with Gasteiger partial charge in [-0.05, 0) is 30.7 Å². The second kappa shape index (κ2) is 6.65. The Balaban J connectivity index is 2.04. The zero-order valence-corrected chi connectivity index (χ0v) is 13.8. The minimum Gasteiger partial charge on any atom is -0.369 e. The first-order chi connectivity index (χ1) is 9.94. The third kappa shape index (κ3) is 3.88. The predicted molar refractivity (Wildman–Crippen MR) is 86.9 cm³/mol. The van der Waals surface area contributed by atoms with Crippen LogP contribution < -0.4 is 10.6 Å². The molecule has 1 amide bonds. The summed E-state index contributed by atoms with van der Waals surface area (Å²) in [5.74, 6) is 0.544. The van der Waals surface area contributed by atoms with E-state index in [-0.39, 0.29) is 17.4 Å². The molecule has 1 saturated carbocycles. The number of carbonyl (C=O) groups excluding carboxylic acids is 1. The molecule has 1 unspecified atom stereocenters. The largest absolute Gasteiger partial charge is 0.369 e. The van der Waals surface area contributed by atoms with Crippen molar-refractivity contribution in [2.24, 2.45) is 5.41 Å². The first-order valence-corrected chi connectivity index (χ1v) is 8.02. The molecule has 2 N–H and O–H groups in total. The van der Waals surface area contributed by atoms with Crippen LogP contribution in [0.3, 0.4) is 0 Å². The normalized spacial score (nSPS) is 20.3. The molecule has 2 rings (SSSR count). The minimum absolute atomic E-state index is 0.0913. The van der Waals surface area contributed by atoms with Gasteiger partial charge in [-0.1, -0.05) is 38.8 Å². The molecule has 0 radical (unpaired) electrons. The summed E-state index contributed by atoms with van der Waals surface area (Å²) in [7, 11) is 0. The summed E-state index contributed by atoms with van der Waals surface area (Å²) in [4.78, 5) is 16.6. The van der Waals surface area contributed by atoms with Crippen molar-refractivity contribution in [2.45, 2.75) is 52.5 Å². The molecule has 1 aliphatic carbocycles. The quantitative estimate of drug-likeness (QED) is 0.868. The van der Waals surface area contributed by atoms with Crippen LogP contribution in [0.1, 0.15) is 56.8 Å². The van der Waals surface area contributed by atoms with Crippen LogP contribution in [0.2, 0.25) is 5.02 Å². The molecule has 1 fully saturated rings. The summed E-state index contributed by atoms with van der Waals surface area (Å²) in [6.45, 7) is 7.29. The van der Waals surface area contributed by atoms with E-state index in [0.29, 0.717) is 16.4 Å². The average Bonchev–Trinajstić information content (AvgIpc) is 2.76. The van der Waals surface area contributed by atoms with Crippen LogP contribution in [0.25, 0.3) is 0 Å². The van der Waals surface area contributed by atoms with Crippen molar-refractivity contribution in [3.63, 3.8) is 0 Å². The fourth-order valence-corrected chi connectivity index (χ4v) is 3.00. The number of halogens is 1. The lowest BCUT2D eigenvalue weighted by atomic mass is 9.87. The van der Waals surface area contributed by atoms with E-state index in [1.165, 1.54) is 0 Å². The highest BCUT2D eigenvalue weighted by atomic mass is 35.5. The van der Waals surface area contributed by atoms with Gasteiger partial charge in [-0.15, -0.1) is 0 Å². The molecule has 0 spiro atoms. The van der Waals surface area contributed by atoms with Crippen molar-refractivity contribution in [2.75, 3.05) is 11.9 Å². The first-order valence-electron chi connectivity index (χ1n) is 7.64. The summed E-state index contributed by atoms with van der Waals surface area (Å²) in [6.07, 6.45) is 5.93. The molecule has 1 atom stereocenters. The van der Waals surface area contributed by atoms with E-state index < -0.39 is 0 Å². The average molecular weight is 310 g/mol. The number of aromatic nitrogens is 1. The van der Waals surface area contributed by atoms with Crippen LogP contribution in [0, 0.1) is 5.41 Å². The summed E-state index contributed by atoms with van der Waals surface area (Å²) in [5.41, 5.74) is 0.680. The third-order valence-electron chi connectivity index (χ3n) is 4.21. The number of anilines is 1. The Labute approximate surface area is 131 Å². The maximum atomic E-state index is 12.3. The topological polar surface area (TPSA) is 54.0 Å². The van der Waals surface area contributed by atoms with Crippen molar-refractivity contribution >= 4 is 23.3 Å². The summed E-state index contributed by atoms with van der Waals surface area (Å²) < 4.78 is 0. The van der Waals surface area contributed by atoms with E-state index >= 15 is 0 Å². The predicted octanol–water partition coefficient (Wildman–Crippen LogP) is 3.87. The van der Waals surface area contributed by atoms with Crippen molar-refractivity contribution in [3.8, 4) is 0 Å². The van der Waals surface area contributed by atoms with Crippen LogP contribution in [0.5, 0.6) is 0 Å². The zero-order valence-electron chi connectivity index (χ0n) is 13.0. The van der Waals surface area contributed by atoms with Gasteiger partial charge in [-0.2, -0.15) is 0 Å². The van der Waals surface area contributed by atoms with E-state index in [9.17, 15) is 4.79 Å². The summed E-state index contributed by atoms with van der Waals surface area (Å²) >= 11 is 6.18. The van der Waals surface area contributed by atoms with Crippen molar-refractivity contribution in [3.05, 3.63) is 22.8 Å². The maximum absolute atomic E-state index is 12.3. The van der Waals surface area contributed by atoms with Gasteiger partial charge in [0.1, 0.15) is 5.82 Å². The van der Waals surface area contributed by atoms with E-state index in [0.717, 1.165) is 32.2 Å². The lowest BCUT2D eigenvalue weighted by Gasteiger charge is -2.27. The van der Waals surface area contributed by atoms with Gasteiger partial charge in [0.15, 0.2) is 0 Å². The molecule has 5 heteroatoms. The van der Waals surface area contributed by atoms with Crippen LogP contribution in [0.4, 0.5) is 5.82 Å². The van der Waals surface area contributed by atoms with Gasteiger partial charge < -0.3 is 10.6 Å². The van der Waals surface area contributed by atoms with Crippen LogP contribution in [-0.4, -0.2) is 23.5 Å². The van der Waals surface area contributed by atoms with Crippen LogP contribution >= 0.6 is 11.6 Å². The molecule has 0 aromatic carbocycles. The number of nitrogens with one attached hydrogen (secondary N) is 2. The minimum atomic E-state index is -0.0913. The molecule has 1 aromatic rings. The van der Waals surface area contributed by atoms with Gasteiger partial charge in [-0.25, -0.2) is 4.98 Å². The van der Waals surface area contributed by atoms with Gasteiger partial charge in [0.05, 0.1) is 10.6 Å². The maximum Gasteiger partial charge on any atom is 0.253 e. The Morgan fingerprint density at radius 1 is 1.52 bits per heavy atom. The highest BCUT2D eigenvalue weighted by molar-refractivity contribution is 6.33. The van der Waals surface area contributed by atoms with Gasteiger partial charge >= 0.3 is 0 Å². The first kappa shape index (κ1) is 16.1. The number of hydrogen-bond donors (Lipinski definition) is 2. The molecule has 0 bridgehead atoms. The highest BCUT2D eigenvalue weighted by Crippen LogP contribution is 2.37. The van der Waals surface area contributed by atoms with Gasteiger partial charge in [0.2, 0.25) is 0 Å². The fraction of sp³-hybridized carbons (Fsp3) is 0.625. The Kier molecular flexibility index (Phi) is 5.09. The van der Waals surface area contributed by atoms with E-state index in [1.54, 1.807) is 12.3 Å². The fourth-order valence-electron chi connectivity index (χ4n) is 2.77. The molecular formula is C16H24ClN3O. The van der Waals surface area contributed by atoms with Crippen molar-refractivity contribution in [1.29, 1.82) is 0 Å². The molecule has 1 aliphatic rings. The van der Waals surface area contributed by atoms with E-state index in [1.807, 2.05) is 0 Å². The molecule has 0 aliphatic heterocycles. The summed E-state index contributed by atoms with van der Waals surface area (Å²) in [5, 5.41) is 6.75. The Morgan fingerprint density at radius 3 is 2.86 bits per heavy atom. The lowest BCUT2D eigenvalue weighted by molar-refractivity contribution is 0.0909. The third-order valence-corrected chi connectivity index (χ3v) is 4.50. The number of rotatable bonds is 5. The second-order valence-electron chi connectivity index (χ2n) is 6.39.